The molecule has 4 unspecified atom stereocenters. The van der Waals surface area contributed by atoms with Crippen molar-refractivity contribution in [1.82, 2.24) is 25.9 Å². The summed E-state index contributed by atoms with van der Waals surface area (Å²) in [6, 6.07) is -5.81. The Morgan fingerprint density at radius 3 is 1.92 bits per heavy atom. The number of carboxylic acid groups (broad SMARTS) is 2. The van der Waals surface area contributed by atoms with Crippen LogP contribution in [0.4, 0.5) is 0 Å². The Morgan fingerprint density at radius 2 is 1.41 bits per heavy atom. The van der Waals surface area contributed by atoms with Gasteiger partial charge in [-0.05, 0) is 12.8 Å². The van der Waals surface area contributed by atoms with Gasteiger partial charge in [-0.25, -0.2) is 9.78 Å². The lowest BCUT2D eigenvalue weighted by Gasteiger charge is -2.24. The molecular formula is C20H30N8O9. The third-order valence-corrected chi connectivity index (χ3v) is 4.94. The first kappa shape index (κ1) is 30.5. The third-order valence-electron chi connectivity index (χ3n) is 4.94. The zero-order valence-electron chi connectivity index (χ0n) is 19.6. The molecule has 0 saturated carbocycles. The molecule has 0 aromatic carbocycles. The molecule has 12 N–H and O–H groups in total. The van der Waals surface area contributed by atoms with Crippen LogP contribution in [0.1, 0.15) is 37.8 Å². The summed E-state index contributed by atoms with van der Waals surface area (Å²) in [4.78, 5) is 89.3. The van der Waals surface area contributed by atoms with E-state index in [9.17, 15) is 38.7 Å². The van der Waals surface area contributed by atoms with Gasteiger partial charge in [-0.2, -0.15) is 0 Å². The van der Waals surface area contributed by atoms with Gasteiger partial charge in [-0.15, -0.1) is 0 Å². The number of aromatic amines is 1. The molecule has 0 spiro atoms. The molecule has 0 fully saturated rings. The maximum atomic E-state index is 13.0. The number of rotatable bonds is 17. The predicted molar refractivity (Wildman–Crippen MR) is 123 cm³/mol. The molecule has 1 aromatic heterocycles. The fourth-order valence-corrected chi connectivity index (χ4v) is 3.04. The minimum absolute atomic E-state index is 0.194. The van der Waals surface area contributed by atoms with E-state index in [1.807, 2.05) is 0 Å². The van der Waals surface area contributed by atoms with Crippen molar-refractivity contribution in [3.63, 3.8) is 0 Å². The lowest BCUT2D eigenvalue weighted by Crippen LogP contribution is -2.58. The number of nitrogens with one attached hydrogen (secondary N) is 4. The molecular weight excluding hydrogens is 496 g/mol. The normalized spacial score (nSPS) is 13.9. The van der Waals surface area contributed by atoms with Crippen LogP contribution < -0.4 is 33.2 Å². The van der Waals surface area contributed by atoms with Gasteiger partial charge in [-0.3, -0.25) is 28.8 Å². The average Bonchev–Trinajstić information content (AvgIpc) is 3.30. The number of hydrogen-bond acceptors (Lipinski definition) is 9. The van der Waals surface area contributed by atoms with Gasteiger partial charge in [0.25, 0.3) is 0 Å². The summed E-state index contributed by atoms with van der Waals surface area (Å²) in [6.07, 6.45) is 0.335. The van der Waals surface area contributed by atoms with Crippen LogP contribution in [0.25, 0.3) is 0 Å². The number of nitrogens with zero attached hydrogens (tertiary/aromatic N) is 1. The van der Waals surface area contributed by atoms with Gasteiger partial charge in [0.2, 0.25) is 29.5 Å². The second-order valence-corrected chi connectivity index (χ2v) is 8.02. The number of nitrogens with two attached hydrogens (primary N) is 3. The number of primary amides is 2. The molecule has 0 aliphatic carbocycles. The Hall–Kier alpha value is -4.54. The van der Waals surface area contributed by atoms with E-state index in [0.717, 1.165) is 0 Å². The molecule has 0 radical (unpaired) electrons. The van der Waals surface area contributed by atoms with Crippen molar-refractivity contribution >= 4 is 41.5 Å². The Bertz CT molecular complexity index is 998. The number of carbonyl (C=O) groups excluding carboxylic acids is 5. The zero-order valence-corrected chi connectivity index (χ0v) is 19.6. The van der Waals surface area contributed by atoms with Crippen LogP contribution in [0.15, 0.2) is 12.5 Å². The highest BCUT2D eigenvalue weighted by molar-refractivity contribution is 5.95. The van der Waals surface area contributed by atoms with Gasteiger partial charge < -0.3 is 48.3 Å². The number of carbonyl (C=O) groups is 7. The number of imidazole rings is 1. The van der Waals surface area contributed by atoms with Crippen molar-refractivity contribution in [3.8, 4) is 0 Å². The predicted octanol–water partition coefficient (Wildman–Crippen LogP) is -4.18. The quantitative estimate of drug-likeness (QED) is 0.0937. The summed E-state index contributed by atoms with van der Waals surface area (Å²) < 4.78 is 0. The van der Waals surface area contributed by atoms with Crippen LogP contribution in [-0.2, 0) is 40.0 Å². The maximum Gasteiger partial charge on any atom is 0.326 e. The summed E-state index contributed by atoms with van der Waals surface area (Å²) >= 11 is 0. The fraction of sp³-hybridized carbons (Fsp3) is 0.500. The molecule has 37 heavy (non-hydrogen) atoms. The second kappa shape index (κ2) is 14.8. The molecule has 1 aromatic rings. The first-order chi connectivity index (χ1) is 17.3. The summed E-state index contributed by atoms with van der Waals surface area (Å²) in [5.74, 6) is -7.28. The number of hydrogen-bond donors (Lipinski definition) is 9. The van der Waals surface area contributed by atoms with E-state index < -0.39 is 84.9 Å². The van der Waals surface area contributed by atoms with Gasteiger partial charge in [0, 0.05) is 31.2 Å². The van der Waals surface area contributed by atoms with Crippen molar-refractivity contribution in [1.29, 1.82) is 0 Å². The average molecular weight is 527 g/mol. The molecule has 0 bridgehead atoms. The van der Waals surface area contributed by atoms with Crippen LogP contribution in [0, 0.1) is 0 Å². The van der Waals surface area contributed by atoms with Gasteiger partial charge in [0.05, 0.1) is 18.8 Å². The summed E-state index contributed by atoms with van der Waals surface area (Å²) in [5, 5.41) is 25.1. The van der Waals surface area contributed by atoms with E-state index in [1.165, 1.54) is 12.5 Å². The van der Waals surface area contributed by atoms with Crippen LogP contribution in [-0.4, -0.2) is 85.8 Å². The third kappa shape index (κ3) is 11.6. The van der Waals surface area contributed by atoms with Gasteiger partial charge in [0.15, 0.2) is 0 Å². The molecule has 0 saturated heterocycles. The summed E-state index contributed by atoms with van der Waals surface area (Å²) in [6.45, 7) is 0. The Labute approximate surface area is 209 Å². The molecule has 0 aliphatic heterocycles. The smallest absolute Gasteiger partial charge is 0.326 e. The van der Waals surface area contributed by atoms with Crippen molar-refractivity contribution in [2.75, 3.05) is 0 Å². The number of aromatic nitrogens is 2. The lowest BCUT2D eigenvalue weighted by atomic mass is 10.1. The van der Waals surface area contributed by atoms with Crippen molar-refractivity contribution in [2.45, 2.75) is 62.7 Å². The fourth-order valence-electron chi connectivity index (χ4n) is 3.04. The van der Waals surface area contributed by atoms with E-state index in [0.29, 0.717) is 5.69 Å². The van der Waals surface area contributed by atoms with Gasteiger partial charge in [-0.1, -0.05) is 0 Å². The van der Waals surface area contributed by atoms with Gasteiger partial charge in [0.1, 0.15) is 18.1 Å². The Balaban J connectivity index is 3.09. The largest absolute Gasteiger partial charge is 0.481 e. The van der Waals surface area contributed by atoms with Gasteiger partial charge >= 0.3 is 11.9 Å². The lowest BCUT2D eigenvalue weighted by molar-refractivity contribution is -0.142. The molecule has 17 nitrogen and oxygen atoms in total. The first-order valence-electron chi connectivity index (χ1n) is 10.9. The van der Waals surface area contributed by atoms with E-state index in [2.05, 4.69) is 25.9 Å². The second-order valence-electron chi connectivity index (χ2n) is 8.02. The molecule has 1 heterocycles. The van der Waals surface area contributed by atoms with E-state index in [1.54, 1.807) is 0 Å². The van der Waals surface area contributed by atoms with Crippen LogP contribution >= 0.6 is 0 Å². The summed E-state index contributed by atoms with van der Waals surface area (Å²) in [5.41, 5.74) is 16.0. The van der Waals surface area contributed by atoms with Crippen molar-refractivity contribution in [2.24, 2.45) is 17.2 Å². The minimum atomic E-state index is -1.50. The molecule has 4 atom stereocenters. The Kier molecular flexibility index (Phi) is 12.2. The molecule has 1 rings (SSSR count). The SMILES string of the molecule is NC(=O)CCC(NC(=O)C(Cc1cnc[nH]1)NC(=O)C(CCC(=O)O)NC(=O)C(N)CC(N)=O)C(=O)O. The van der Waals surface area contributed by atoms with Crippen molar-refractivity contribution in [3.05, 3.63) is 18.2 Å². The minimum Gasteiger partial charge on any atom is -0.481 e. The number of aliphatic carboxylic acids is 2. The van der Waals surface area contributed by atoms with Crippen molar-refractivity contribution < 1.29 is 43.8 Å². The highest BCUT2D eigenvalue weighted by atomic mass is 16.4. The maximum absolute atomic E-state index is 13.0. The van der Waals surface area contributed by atoms with Crippen LogP contribution in [0.2, 0.25) is 0 Å². The number of carboxylic acids is 2. The number of H-pyrrole nitrogens is 1. The highest BCUT2D eigenvalue weighted by Gasteiger charge is 2.31. The van der Waals surface area contributed by atoms with E-state index in [-0.39, 0.29) is 19.3 Å². The molecule has 5 amide bonds. The molecule has 204 valence electrons. The number of amides is 5. The van der Waals surface area contributed by atoms with E-state index in [4.69, 9.17) is 22.3 Å². The first-order valence-corrected chi connectivity index (χ1v) is 10.9. The monoisotopic (exact) mass is 526 g/mol. The van der Waals surface area contributed by atoms with Crippen LogP contribution in [0.3, 0.4) is 0 Å². The van der Waals surface area contributed by atoms with Crippen LogP contribution in [0.5, 0.6) is 0 Å². The van der Waals surface area contributed by atoms with E-state index >= 15 is 0 Å². The summed E-state index contributed by atoms with van der Waals surface area (Å²) in [7, 11) is 0. The Morgan fingerprint density at radius 1 is 0.838 bits per heavy atom. The molecule has 0 aliphatic rings. The topological polar surface area (TPSA) is 303 Å². The standard InChI is InChI=1S/C20H30N8O9/c21-10(6-15(23)30)17(33)26-11(2-4-16(31)32)18(34)28-13(5-9-7-24-8-25-9)19(35)27-12(20(36)37)1-3-14(22)29/h7-8,10-13H,1-6,21H2,(H2,22,29)(H2,23,30)(H,24,25)(H,26,33)(H,27,35)(H,28,34)(H,31,32)(H,36,37). The highest BCUT2D eigenvalue weighted by Crippen LogP contribution is 2.06. The zero-order chi connectivity index (χ0) is 28.1. The molecule has 17 heteroatoms.